The Morgan fingerprint density at radius 3 is 2.44 bits per heavy atom. The zero-order valence-electron chi connectivity index (χ0n) is 18.8. The lowest BCUT2D eigenvalue weighted by atomic mass is 10.1. The molecule has 0 N–H and O–H groups in total. The maximum Gasteiger partial charge on any atom is 0.332 e. The number of rotatable bonds is 6. The van der Waals surface area contributed by atoms with Crippen molar-refractivity contribution in [2.75, 3.05) is 19.6 Å². The summed E-state index contributed by atoms with van der Waals surface area (Å²) in [6.07, 6.45) is 6.46. The van der Waals surface area contributed by atoms with Crippen LogP contribution in [0, 0.1) is 6.92 Å². The molecule has 8 nitrogen and oxygen atoms in total. The van der Waals surface area contributed by atoms with Gasteiger partial charge in [-0.25, -0.2) is 4.79 Å². The first-order valence-electron chi connectivity index (χ1n) is 11.5. The monoisotopic (exact) mass is 434 g/mol. The molecule has 1 fully saturated rings. The van der Waals surface area contributed by atoms with Crippen molar-refractivity contribution in [1.29, 1.82) is 0 Å². The molecule has 0 unspecified atom stereocenters. The molecule has 5 rings (SSSR count). The summed E-state index contributed by atoms with van der Waals surface area (Å²) >= 11 is 0. The fourth-order valence-electron chi connectivity index (χ4n) is 4.84. The molecule has 0 aliphatic carbocycles. The van der Waals surface area contributed by atoms with Gasteiger partial charge in [-0.1, -0.05) is 36.8 Å². The first kappa shape index (κ1) is 20.8. The predicted molar refractivity (Wildman–Crippen MR) is 125 cm³/mol. The van der Waals surface area contributed by atoms with Crippen molar-refractivity contribution in [1.82, 2.24) is 28.0 Å². The second-order valence-corrected chi connectivity index (χ2v) is 8.81. The minimum atomic E-state index is -0.298. The van der Waals surface area contributed by atoms with Crippen LogP contribution in [0.3, 0.4) is 0 Å². The van der Waals surface area contributed by atoms with E-state index >= 15 is 0 Å². The van der Waals surface area contributed by atoms with Crippen molar-refractivity contribution in [3.05, 3.63) is 68.6 Å². The number of aryl methyl sites for hydroxylation is 4. The highest BCUT2D eigenvalue weighted by Crippen LogP contribution is 2.17. The van der Waals surface area contributed by atoms with Gasteiger partial charge in [0.05, 0.1) is 0 Å². The lowest BCUT2D eigenvalue weighted by Gasteiger charge is -2.26. The lowest BCUT2D eigenvalue weighted by molar-refractivity contribution is 0.218. The molecule has 1 saturated heterocycles. The van der Waals surface area contributed by atoms with E-state index in [1.165, 1.54) is 34.0 Å². The largest absolute Gasteiger partial charge is 0.332 e. The predicted octanol–water partition coefficient (Wildman–Crippen LogP) is 2.19. The standard InChI is InChI=1S/C24H30N6O2/c1-18-17-30-20-21(25-23(30)28(18)14-11-19-9-5-3-6-10-19)26(2)24(32)29(22(20)31)16-15-27-12-7-4-8-13-27/h3,5-6,9-10,17H,4,7-8,11-16H2,1-2H3. The number of imidazole rings is 2. The summed E-state index contributed by atoms with van der Waals surface area (Å²) in [6.45, 7) is 5.99. The quantitative estimate of drug-likeness (QED) is 0.467. The molecule has 1 aliphatic rings. The van der Waals surface area contributed by atoms with Crippen molar-refractivity contribution < 1.29 is 0 Å². The normalized spacial score (nSPS) is 15.2. The van der Waals surface area contributed by atoms with Crippen LogP contribution in [0.5, 0.6) is 0 Å². The summed E-state index contributed by atoms with van der Waals surface area (Å²) in [5, 5.41) is 0. The fourth-order valence-corrected chi connectivity index (χ4v) is 4.84. The third-order valence-corrected chi connectivity index (χ3v) is 6.70. The van der Waals surface area contributed by atoms with E-state index in [-0.39, 0.29) is 11.2 Å². The number of likely N-dealkylation sites (tertiary alicyclic amines) is 1. The summed E-state index contributed by atoms with van der Waals surface area (Å²) in [7, 11) is 1.70. The number of benzene rings is 1. The molecule has 0 spiro atoms. The van der Waals surface area contributed by atoms with Crippen LogP contribution < -0.4 is 11.2 Å². The second-order valence-electron chi connectivity index (χ2n) is 8.81. The Kier molecular flexibility index (Phi) is 5.46. The minimum Gasteiger partial charge on any atom is -0.314 e. The topological polar surface area (TPSA) is 69.5 Å². The molecule has 0 radical (unpaired) electrons. The van der Waals surface area contributed by atoms with Crippen molar-refractivity contribution in [2.45, 2.75) is 45.7 Å². The summed E-state index contributed by atoms with van der Waals surface area (Å²) in [4.78, 5) is 33.5. The molecule has 4 heterocycles. The molecule has 168 valence electrons. The van der Waals surface area contributed by atoms with E-state index in [1.807, 2.05) is 35.7 Å². The van der Waals surface area contributed by atoms with Gasteiger partial charge in [0, 0.05) is 38.6 Å². The highest BCUT2D eigenvalue weighted by atomic mass is 16.2. The highest BCUT2D eigenvalue weighted by Gasteiger charge is 2.20. The maximum atomic E-state index is 13.4. The van der Waals surface area contributed by atoms with Crippen LogP contribution in [-0.4, -0.2) is 47.6 Å². The van der Waals surface area contributed by atoms with E-state index in [2.05, 4.69) is 21.6 Å². The van der Waals surface area contributed by atoms with Gasteiger partial charge in [-0.3, -0.25) is 18.3 Å². The average molecular weight is 435 g/mol. The summed E-state index contributed by atoms with van der Waals surface area (Å²) in [5.41, 5.74) is 2.65. The van der Waals surface area contributed by atoms with Gasteiger partial charge >= 0.3 is 5.69 Å². The van der Waals surface area contributed by atoms with Crippen molar-refractivity contribution in [3.8, 4) is 0 Å². The Balaban J connectivity index is 1.53. The number of fused-ring (bicyclic) bond motifs is 3. The van der Waals surface area contributed by atoms with Gasteiger partial charge in [-0.2, -0.15) is 4.98 Å². The molecule has 32 heavy (non-hydrogen) atoms. The molecule has 1 aliphatic heterocycles. The Morgan fingerprint density at radius 1 is 0.938 bits per heavy atom. The Morgan fingerprint density at radius 2 is 1.69 bits per heavy atom. The van der Waals surface area contributed by atoms with Gasteiger partial charge < -0.3 is 9.47 Å². The van der Waals surface area contributed by atoms with Gasteiger partial charge in [0.2, 0.25) is 5.78 Å². The number of hydrogen-bond acceptors (Lipinski definition) is 4. The van der Waals surface area contributed by atoms with Crippen LogP contribution in [0.4, 0.5) is 0 Å². The van der Waals surface area contributed by atoms with E-state index in [1.54, 1.807) is 7.05 Å². The summed E-state index contributed by atoms with van der Waals surface area (Å²) < 4.78 is 6.86. The molecule has 0 amide bonds. The molecule has 4 aromatic rings. The smallest absolute Gasteiger partial charge is 0.314 e. The highest BCUT2D eigenvalue weighted by molar-refractivity contribution is 5.75. The van der Waals surface area contributed by atoms with E-state index in [4.69, 9.17) is 4.98 Å². The Hall–Kier alpha value is -3.13. The molecule has 1 aromatic carbocycles. The third kappa shape index (κ3) is 3.58. The molecule has 8 heteroatoms. The third-order valence-electron chi connectivity index (χ3n) is 6.70. The van der Waals surface area contributed by atoms with E-state index < -0.39 is 0 Å². The molecular formula is C24H30N6O2. The van der Waals surface area contributed by atoms with Crippen LogP contribution in [0.15, 0.2) is 46.1 Å². The van der Waals surface area contributed by atoms with E-state index in [9.17, 15) is 9.59 Å². The van der Waals surface area contributed by atoms with Gasteiger partial charge in [0.1, 0.15) is 0 Å². The van der Waals surface area contributed by atoms with Gasteiger partial charge in [0.15, 0.2) is 11.2 Å². The first-order valence-corrected chi connectivity index (χ1v) is 11.5. The van der Waals surface area contributed by atoms with Crippen LogP contribution in [0.2, 0.25) is 0 Å². The fraction of sp³-hybridized carbons (Fsp3) is 0.458. The first-order chi connectivity index (χ1) is 15.5. The SMILES string of the molecule is Cc1cn2c3c(=O)n(CCN4CCCCC4)c(=O)n(C)c3nc2n1CCc1ccccc1. The number of aromatic nitrogens is 5. The van der Waals surface area contributed by atoms with Crippen molar-refractivity contribution in [3.63, 3.8) is 0 Å². The van der Waals surface area contributed by atoms with E-state index in [0.717, 1.165) is 38.3 Å². The van der Waals surface area contributed by atoms with Gasteiger partial charge in [0.25, 0.3) is 5.56 Å². The van der Waals surface area contributed by atoms with Crippen LogP contribution in [0.25, 0.3) is 16.9 Å². The Bertz CT molecular complexity index is 1370. The minimum absolute atomic E-state index is 0.257. The summed E-state index contributed by atoms with van der Waals surface area (Å²) in [5.74, 6) is 0.703. The zero-order valence-corrected chi connectivity index (χ0v) is 18.8. The van der Waals surface area contributed by atoms with Gasteiger partial charge in [-0.05, 0) is 44.8 Å². The Labute approximate surface area is 186 Å². The number of hydrogen-bond donors (Lipinski definition) is 0. The second kappa shape index (κ2) is 8.43. The molecule has 0 atom stereocenters. The van der Waals surface area contributed by atoms with E-state index in [0.29, 0.717) is 23.5 Å². The summed E-state index contributed by atoms with van der Waals surface area (Å²) in [6, 6.07) is 10.3. The van der Waals surface area contributed by atoms with Crippen LogP contribution in [0.1, 0.15) is 30.5 Å². The number of piperidine rings is 1. The van der Waals surface area contributed by atoms with Crippen LogP contribution in [-0.2, 0) is 26.6 Å². The maximum absolute atomic E-state index is 13.4. The van der Waals surface area contributed by atoms with Crippen LogP contribution >= 0.6 is 0 Å². The molecule has 3 aromatic heterocycles. The lowest BCUT2D eigenvalue weighted by Crippen LogP contribution is -2.43. The molecule has 0 saturated carbocycles. The van der Waals surface area contributed by atoms with Crippen molar-refractivity contribution >= 4 is 16.9 Å². The zero-order chi connectivity index (χ0) is 22.2. The van der Waals surface area contributed by atoms with Gasteiger partial charge in [-0.15, -0.1) is 0 Å². The average Bonchev–Trinajstić information content (AvgIpc) is 3.32. The molecule has 0 bridgehead atoms. The number of nitrogens with zero attached hydrogens (tertiary/aromatic N) is 6. The molecular weight excluding hydrogens is 404 g/mol. The van der Waals surface area contributed by atoms with Crippen molar-refractivity contribution in [2.24, 2.45) is 7.05 Å².